The largest absolute Gasteiger partial charge is 0.417 e. The van der Waals surface area contributed by atoms with Crippen LogP contribution in [0.25, 0.3) is 0 Å². The van der Waals surface area contributed by atoms with Gasteiger partial charge in [0.2, 0.25) is 0 Å². The van der Waals surface area contributed by atoms with Crippen LogP contribution in [0.1, 0.15) is 44.1 Å². The first-order valence-corrected chi connectivity index (χ1v) is 6.40. The van der Waals surface area contributed by atoms with Crippen LogP contribution in [-0.4, -0.2) is 10.7 Å². The molecule has 1 aliphatic rings. The van der Waals surface area contributed by atoms with E-state index in [1.54, 1.807) is 0 Å². The molecule has 2 rings (SSSR count). The fourth-order valence-corrected chi connectivity index (χ4v) is 2.01. The van der Waals surface area contributed by atoms with E-state index in [1.807, 2.05) is 0 Å². The molecule has 0 unspecified atom stereocenters. The summed E-state index contributed by atoms with van der Waals surface area (Å²) in [5.74, 6) is 0.338. The molecule has 0 atom stereocenters. The molecular weight excluding hydrogens is 255 g/mol. The SMILES string of the molecule is FC(F)(F)c1ccc(NN=C2CCCCCC2)nc1. The van der Waals surface area contributed by atoms with Gasteiger partial charge in [-0.2, -0.15) is 18.3 Å². The Morgan fingerprint density at radius 2 is 1.74 bits per heavy atom. The molecule has 1 saturated carbocycles. The van der Waals surface area contributed by atoms with Gasteiger partial charge in [0.05, 0.1) is 5.56 Å². The molecule has 0 amide bonds. The van der Waals surface area contributed by atoms with Crippen molar-refractivity contribution in [2.45, 2.75) is 44.7 Å². The van der Waals surface area contributed by atoms with E-state index >= 15 is 0 Å². The maximum absolute atomic E-state index is 12.4. The Balaban J connectivity index is 1.97. The Labute approximate surface area is 109 Å². The van der Waals surface area contributed by atoms with E-state index in [9.17, 15) is 13.2 Å². The molecule has 1 fully saturated rings. The quantitative estimate of drug-likeness (QED) is 0.646. The lowest BCUT2D eigenvalue weighted by Crippen LogP contribution is -2.06. The number of hydrogen-bond acceptors (Lipinski definition) is 3. The number of pyridine rings is 1. The zero-order valence-corrected chi connectivity index (χ0v) is 10.5. The van der Waals surface area contributed by atoms with Crippen LogP contribution in [-0.2, 0) is 6.18 Å². The Hall–Kier alpha value is -1.59. The van der Waals surface area contributed by atoms with Crippen molar-refractivity contribution in [3.63, 3.8) is 0 Å². The molecule has 19 heavy (non-hydrogen) atoms. The lowest BCUT2D eigenvalue weighted by Gasteiger charge is -2.07. The van der Waals surface area contributed by atoms with Crippen LogP contribution in [0.5, 0.6) is 0 Å². The lowest BCUT2D eigenvalue weighted by molar-refractivity contribution is -0.137. The molecule has 0 saturated heterocycles. The van der Waals surface area contributed by atoms with Gasteiger partial charge >= 0.3 is 6.18 Å². The summed E-state index contributed by atoms with van der Waals surface area (Å²) in [4.78, 5) is 3.71. The average Bonchev–Trinajstić information content (AvgIpc) is 2.64. The van der Waals surface area contributed by atoms with Crippen LogP contribution in [0.4, 0.5) is 19.0 Å². The standard InChI is InChI=1S/C13H16F3N3/c14-13(15,16)10-7-8-12(17-9-10)19-18-11-5-3-1-2-4-6-11/h7-9H,1-6H2,(H,17,19). The van der Waals surface area contributed by atoms with Gasteiger partial charge in [-0.15, -0.1) is 0 Å². The smallest absolute Gasteiger partial charge is 0.261 e. The first kappa shape index (κ1) is 13.8. The fraction of sp³-hybridized carbons (Fsp3) is 0.538. The highest BCUT2D eigenvalue weighted by Gasteiger charge is 2.30. The lowest BCUT2D eigenvalue weighted by atomic mass is 10.2. The Bertz CT molecular complexity index is 427. The third kappa shape index (κ3) is 4.22. The Kier molecular flexibility index (Phi) is 4.39. The zero-order valence-electron chi connectivity index (χ0n) is 10.5. The molecular formula is C13H16F3N3. The maximum Gasteiger partial charge on any atom is 0.417 e. The monoisotopic (exact) mass is 271 g/mol. The van der Waals surface area contributed by atoms with Gasteiger partial charge in [0, 0.05) is 11.9 Å². The van der Waals surface area contributed by atoms with Gasteiger partial charge < -0.3 is 0 Å². The molecule has 1 aromatic heterocycles. The number of anilines is 1. The van der Waals surface area contributed by atoms with Gasteiger partial charge in [-0.25, -0.2) is 4.98 Å². The summed E-state index contributed by atoms with van der Waals surface area (Å²) in [5.41, 5.74) is 3.05. The number of halogens is 3. The summed E-state index contributed by atoms with van der Waals surface area (Å²) in [7, 11) is 0. The Morgan fingerprint density at radius 3 is 2.26 bits per heavy atom. The van der Waals surface area contributed by atoms with Crippen LogP contribution < -0.4 is 5.43 Å². The third-order valence-corrected chi connectivity index (χ3v) is 3.10. The van der Waals surface area contributed by atoms with E-state index in [4.69, 9.17) is 0 Å². The first-order chi connectivity index (χ1) is 9.05. The highest BCUT2D eigenvalue weighted by atomic mass is 19.4. The fourth-order valence-electron chi connectivity index (χ4n) is 2.01. The van der Waals surface area contributed by atoms with Crippen LogP contribution in [0.3, 0.4) is 0 Å². The first-order valence-electron chi connectivity index (χ1n) is 6.40. The van der Waals surface area contributed by atoms with Crippen molar-refractivity contribution in [2.24, 2.45) is 5.10 Å². The van der Waals surface area contributed by atoms with Crippen LogP contribution in [0.15, 0.2) is 23.4 Å². The predicted molar refractivity (Wildman–Crippen MR) is 68.0 cm³/mol. The number of nitrogens with one attached hydrogen (secondary N) is 1. The molecule has 0 aromatic carbocycles. The molecule has 0 spiro atoms. The molecule has 104 valence electrons. The summed E-state index contributed by atoms with van der Waals surface area (Å²) < 4.78 is 37.1. The van der Waals surface area contributed by atoms with Crippen molar-refractivity contribution >= 4 is 11.5 Å². The third-order valence-electron chi connectivity index (χ3n) is 3.10. The van der Waals surface area contributed by atoms with Crippen molar-refractivity contribution in [2.75, 3.05) is 5.43 Å². The number of hydrogen-bond donors (Lipinski definition) is 1. The zero-order chi connectivity index (χ0) is 13.7. The molecule has 1 N–H and O–H groups in total. The topological polar surface area (TPSA) is 37.3 Å². The second-order valence-electron chi connectivity index (χ2n) is 4.63. The summed E-state index contributed by atoms with van der Waals surface area (Å²) in [5, 5.41) is 4.23. The minimum absolute atomic E-state index is 0.338. The van der Waals surface area contributed by atoms with E-state index in [0.29, 0.717) is 5.82 Å². The van der Waals surface area contributed by atoms with E-state index in [-0.39, 0.29) is 0 Å². The van der Waals surface area contributed by atoms with Crippen LogP contribution in [0.2, 0.25) is 0 Å². The average molecular weight is 271 g/mol. The van der Waals surface area contributed by atoms with Gasteiger partial charge in [0.25, 0.3) is 0 Å². The van der Waals surface area contributed by atoms with Gasteiger partial charge in [-0.05, 0) is 37.8 Å². The van der Waals surface area contributed by atoms with Crippen molar-refractivity contribution < 1.29 is 13.2 Å². The highest BCUT2D eigenvalue weighted by molar-refractivity contribution is 5.85. The summed E-state index contributed by atoms with van der Waals surface area (Å²) in [6.45, 7) is 0. The number of nitrogens with zero attached hydrogens (tertiary/aromatic N) is 2. The number of hydrazone groups is 1. The van der Waals surface area contributed by atoms with Crippen LogP contribution in [0, 0.1) is 0 Å². The van der Waals surface area contributed by atoms with Crippen molar-refractivity contribution in [3.05, 3.63) is 23.9 Å². The maximum atomic E-state index is 12.4. The van der Waals surface area contributed by atoms with Crippen LogP contribution >= 0.6 is 0 Å². The van der Waals surface area contributed by atoms with Gasteiger partial charge in [0.15, 0.2) is 0 Å². The van der Waals surface area contributed by atoms with E-state index < -0.39 is 11.7 Å². The van der Waals surface area contributed by atoms with E-state index in [0.717, 1.165) is 43.7 Å². The minimum atomic E-state index is -4.35. The molecule has 1 aromatic rings. The number of rotatable bonds is 2. The minimum Gasteiger partial charge on any atom is -0.261 e. The van der Waals surface area contributed by atoms with Crippen molar-refractivity contribution in [3.8, 4) is 0 Å². The second kappa shape index (κ2) is 6.04. The van der Waals surface area contributed by atoms with Crippen molar-refractivity contribution in [1.29, 1.82) is 0 Å². The van der Waals surface area contributed by atoms with Gasteiger partial charge in [-0.3, -0.25) is 5.43 Å². The summed E-state index contributed by atoms with van der Waals surface area (Å²) in [6, 6.07) is 2.30. The van der Waals surface area contributed by atoms with E-state index in [1.165, 1.54) is 18.9 Å². The molecule has 0 aliphatic heterocycles. The molecule has 6 heteroatoms. The molecule has 0 bridgehead atoms. The Morgan fingerprint density at radius 1 is 1.05 bits per heavy atom. The van der Waals surface area contributed by atoms with E-state index in [2.05, 4.69) is 15.5 Å². The molecule has 1 aliphatic carbocycles. The highest BCUT2D eigenvalue weighted by Crippen LogP contribution is 2.28. The normalized spacial score (nSPS) is 16.9. The summed E-state index contributed by atoms with van der Waals surface area (Å²) in [6.07, 6.45) is 3.06. The number of alkyl halides is 3. The predicted octanol–water partition coefficient (Wildman–Crippen LogP) is 4.22. The van der Waals surface area contributed by atoms with Crippen molar-refractivity contribution in [1.82, 2.24) is 4.98 Å². The molecule has 0 radical (unpaired) electrons. The molecule has 3 nitrogen and oxygen atoms in total. The van der Waals surface area contributed by atoms with Gasteiger partial charge in [-0.1, -0.05) is 12.8 Å². The second-order valence-corrected chi connectivity index (χ2v) is 4.63. The van der Waals surface area contributed by atoms with Gasteiger partial charge in [0.1, 0.15) is 5.82 Å². The summed E-state index contributed by atoms with van der Waals surface area (Å²) >= 11 is 0. The molecule has 1 heterocycles. The number of aromatic nitrogens is 1.